The van der Waals surface area contributed by atoms with E-state index in [4.69, 9.17) is 4.42 Å². The van der Waals surface area contributed by atoms with E-state index in [9.17, 15) is 4.79 Å². The molecule has 0 saturated heterocycles. The van der Waals surface area contributed by atoms with Crippen LogP contribution < -0.4 is 0 Å². The third-order valence-corrected chi connectivity index (χ3v) is 5.94. The number of ketones is 1. The fourth-order valence-electron chi connectivity index (χ4n) is 2.41. The number of benzene rings is 1. The van der Waals surface area contributed by atoms with Gasteiger partial charge in [-0.1, -0.05) is 23.9 Å². The van der Waals surface area contributed by atoms with Crippen LogP contribution in [0.1, 0.15) is 39.1 Å². The molecule has 0 fully saturated rings. The van der Waals surface area contributed by atoms with Crippen LogP contribution in [0, 0.1) is 27.7 Å². The Morgan fingerprint density at radius 1 is 1.16 bits per heavy atom. The summed E-state index contributed by atoms with van der Waals surface area (Å²) in [6, 6.07) is 5.77. The van der Waals surface area contributed by atoms with Crippen molar-refractivity contribution >= 4 is 28.9 Å². The first kappa shape index (κ1) is 17.8. The van der Waals surface area contributed by atoms with Crippen LogP contribution in [0.3, 0.4) is 0 Å². The lowest BCUT2D eigenvalue weighted by Crippen LogP contribution is -2.13. The number of nitrogens with zero attached hydrogens (tertiary/aromatic N) is 3. The van der Waals surface area contributed by atoms with Crippen molar-refractivity contribution in [3.8, 4) is 10.8 Å². The fourth-order valence-corrected chi connectivity index (χ4v) is 4.01. The molecular formula is C18H19N3O2S2. The molecule has 0 unspecified atom stereocenters. The minimum absolute atomic E-state index is 0.0534. The third-order valence-electron chi connectivity index (χ3n) is 3.94. The summed E-state index contributed by atoms with van der Waals surface area (Å²) in [5.41, 5.74) is 3.87. The van der Waals surface area contributed by atoms with E-state index < -0.39 is 0 Å². The Morgan fingerprint density at radius 2 is 1.92 bits per heavy atom. The van der Waals surface area contributed by atoms with Gasteiger partial charge in [0.1, 0.15) is 4.88 Å². The topological polar surface area (TPSA) is 68.9 Å². The number of Topliss-reactive ketones (excluding diaryl/α,β-unsaturated/α-hetero) is 1. The van der Waals surface area contributed by atoms with Crippen LogP contribution in [0.15, 0.2) is 27.8 Å². The molecule has 0 aliphatic carbocycles. The van der Waals surface area contributed by atoms with E-state index >= 15 is 0 Å². The van der Waals surface area contributed by atoms with E-state index in [-0.39, 0.29) is 11.0 Å². The minimum atomic E-state index is -0.306. The summed E-state index contributed by atoms with van der Waals surface area (Å²) in [5.74, 6) is 0.508. The van der Waals surface area contributed by atoms with E-state index in [0.29, 0.717) is 16.7 Å². The second kappa shape index (κ2) is 7.09. The minimum Gasteiger partial charge on any atom is -0.410 e. The Kier molecular flexibility index (Phi) is 5.06. The lowest BCUT2D eigenvalue weighted by atomic mass is 10.0. The van der Waals surface area contributed by atoms with Crippen molar-refractivity contribution in [2.24, 2.45) is 0 Å². The van der Waals surface area contributed by atoms with Gasteiger partial charge in [-0.3, -0.25) is 4.79 Å². The summed E-state index contributed by atoms with van der Waals surface area (Å²) >= 11 is 2.80. The molecule has 25 heavy (non-hydrogen) atoms. The van der Waals surface area contributed by atoms with E-state index in [1.807, 2.05) is 52.8 Å². The second-order valence-electron chi connectivity index (χ2n) is 5.94. The highest BCUT2D eigenvalue weighted by Gasteiger charge is 2.21. The van der Waals surface area contributed by atoms with Crippen LogP contribution in [-0.4, -0.2) is 26.2 Å². The summed E-state index contributed by atoms with van der Waals surface area (Å²) < 4.78 is 5.72. The summed E-state index contributed by atoms with van der Waals surface area (Å²) in [7, 11) is 0. The van der Waals surface area contributed by atoms with E-state index in [1.54, 1.807) is 0 Å². The second-order valence-corrected chi connectivity index (χ2v) is 8.44. The first-order valence-corrected chi connectivity index (χ1v) is 9.61. The van der Waals surface area contributed by atoms with E-state index in [0.717, 1.165) is 21.1 Å². The smallest absolute Gasteiger partial charge is 0.277 e. The van der Waals surface area contributed by atoms with Crippen LogP contribution in [0.4, 0.5) is 0 Å². The van der Waals surface area contributed by atoms with Crippen LogP contribution >= 0.6 is 23.1 Å². The van der Waals surface area contributed by atoms with Crippen molar-refractivity contribution in [1.82, 2.24) is 15.2 Å². The molecule has 3 aromatic rings. The molecule has 5 nitrogen and oxygen atoms in total. The van der Waals surface area contributed by atoms with Gasteiger partial charge in [0.25, 0.3) is 11.1 Å². The molecule has 1 atom stereocenters. The molecule has 7 heteroatoms. The molecule has 0 radical (unpaired) electrons. The van der Waals surface area contributed by atoms with Crippen molar-refractivity contribution in [3.63, 3.8) is 0 Å². The molecule has 0 aliphatic rings. The summed E-state index contributed by atoms with van der Waals surface area (Å²) in [4.78, 5) is 17.9. The molecule has 1 aromatic carbocycles. The maximum absolute atomic E-state index is 12.6. The molecule has 3 rings (SSSR count). The van der Waals surface area contributed by atoms with Crippen molar-refractivity contribution in [2.75, 3.05) is 0 Å². The number of hydrogen-bond acceptors (Lipinski definition) is 7. The Morgan fingerprint density at radius 3 is 2.56 bits per heavy atom. The van der Waals surface area contributed by atoms with Gasteiger partial charge in [0.15, 0.2) is 5.78 Å². The highest BCUT2D eigenvalue weighted by molar-refractivity contribution is 8.00. The van der Waals surface area contributed by atoms with Crippen LogP contribution in [0.2, 0.25) is 0 Å². The van der Waals surface area contributed by atoms with Gasteiger partial charge in [0.2, 0.25) is 0 Å². The molecule has 0 N–H and O–H groups in total. The van der Waals surface area contributed by atoms with E-state index in [1.165, 1.54) is 28.7 Å². The normalized spacial score (nSPS) is 12.4. The Hall–Kier alpha value is -1.99. The summed E-state index contributed by atoms with van der Waals surface area (Å²) in [5, 5.41) is 9.20. The van der Waals surface area contributed by atoms with Gasteiger partial charge < -0.3 is 4.42 Å². The largest absolute Gasteiger partial charge is 0.410 e. The number of aromatic nitrogens is 3. The van der Waals surface area contributed by atoms with Crippen LogP contribution in [0.25, 0.3) is 10.8 Å². The molecule has 0 aliphatic heterocycles. The van der Waals surface area contributed by atoms with Crippen molar-refractivity contribution < 1.29 is 9.21 Å². The van der Waals surface area contributed by atoms with Gasteiger partial charge in [0, 0.05) is 5.56 Å². The van der Waals surface area contributed by atoms with Crippen molar-refractivity contribution in [2.45, 2.75) is 45.1 Å². The van der Waals surface area contributed by atoms with Crippen molar-refractivity contribution in [1.29, 1.82) is 0 Å². The molecule has 130 valence electrons. The highest BCUT2D eigenvalue weighted by atomic mass is 32.2. The summed E-state index contributed by atoms with van der Waals surface area (Å²) in [6.07, 6.45) is 0. The number of hydrogen-bond donors (Lipinski definition) is 0. The van der Waals surface area contributed by atoms with Gasteiger partial charge in [-0.05, 0) is 51.8 Å². The average molecular weight is 374 g/mol. The number of thioether (sulfide) groups is 1. The number of aryl methyl sites for hydroxylation is 4. The van der Waals surface area contributed by atoms with Gasteiger partial charge in [-0.15, -0.1) is 21.5 Å². The predicted molar refractivity (Wildman–Crippen MR) is 100 cm³/mol. The molecular weight excluding hydrogens is 354 g/mol. The maximum atomic E-state index is 12.6. The monoisotopic (exact) mass is 373 g/mol. The molecule has 2 heterocycles. The highest BCUT2D eigenvalue weighted by Crippen LogP contribution is 2.32. The van der Waals surface area contributed by atoms with Gasteiger partial charge in [-0.25, -0.2) is 4.98 Å². The SMILES string of the molecule is Cc1nc(C)c(-c2nnc(S[C@@H](C)C(=O)c3ccc(C)c(C)c3)o2)s1. The number of carbonyl (C=O) groups excluding carboxylic acids is 1. The Bertz CT molecular complexity index is 930. The van der Waals surface area contributed by atoms with Crippen LogP contribution in [0.5, 0.6) is 0 Å². The lowest BCUT2D eigenvalue weighted by molar-refractivity contribution is 0.0993. The maximum Gasteiger partial charge on any atom is 0.277 e. The molecule has 0 bridgehead atoms. The van der Waals surface area contributed by atoms with E-state index in [2.05, 4.69) is 15.2 Å². The molecule has 0 amide bonds. The Balaban J connectivity index is 1.75. The number of thiazole rings is 1. The number of rotatable bonds is 5. The number of carbonyl (C=O) groups is 1. The van der Waals surface area contributed by atoms with Gasteiger partial charge in [0.05, 0.1) is 16.0 Å². The fraction of sp³-hybridized carbons (Fsp3) is 0.333. The third kappa shape index (κ3) is 3.82. The van der Waals surface area contributed by atoms with Crippen molar-refractivity contribution in [3.05, 3.63) is 45.6 Å². The zero-order chi connectivity index (χ0) is 18.1. The van der Waals surface area contributed by atoms with Gasteiger partial charge >= 0.3 is 0 Å². The summed E-state index contributed by atoms with van der Waals surface area (Å²) in [6.45, 7) is 9.76. The quantitative estimate of drug-likeness (QED) is 0.473. The van der Waals surface area contributed by atoms with Crippen LogP contribution in [-0.2, 0) is 0 Å². The lowest BCUT2D eigenvalue weighted by Gasteiger charge is -2.09. The molecule has 0 saturated carbocycles. The Labute approximate surface area is 154 Å². The zero-order valence-corrected chi connectivity index (χ0v) is 16.4. The zero-order valence-electron chi connectivity index (χ0n) is 14.8. The molecule has 0 spiro atoms. The molecule has 2 aromatic heterocycles. The average Bonchev–Trinajstić information content (AvgIpc) is 3.15. The predicted octanol–water partition coefficient (Wildman–Crippen LogP) is 4.79. The first-order chi connectivity index (χ1) is 11.8. The van der Waals surface area contributed by atoms with Gasteiger partial charge in [-0.2, -0.15) is 0 Å². The first-order valence-electron chi connectivity index (χ1n) is 7.91. The standard InChI is InChI=1S/C18H19N3O2S2/c1-9-6-7-14(8-10(9)2)15(22)12(4)24-18-21-20-17(23-18)16-11(3)19-13(5)25-16/h6-8,12H,1-5H3/t12-/m0/s1.